The number of amides is 1. The number of aliphatic carboxylic acids is 1. The molecule has 0 saturated carbocycles. The van der Waals surface area contributed by atoms with E-state index in [2.05, 4.69) is 24.3 Å². The molecule has 1 aliphatic rings. The number of carboxylic acids is 1. The maximum Gasteiger partial charge on any atom is 0.410 e. The zero-order chi connectivity index (χ0) is 19.8. The van der Waals surface area contributed by atoms with Crippen LogP contribution in [0.2, 0.25) is 0 Å². The lowest BCUT2D eigenvalue weighted by molar-refractivity contribution is -0.143. The summed E-state index contributed by atoms with van der Waals surface area (Å²) in [5.41, 5.74) is 3.89. The van der Waals surface area contributed by atoms with Crippen LogP contribution < -0.4 is 0 Å². The van der Waals surface area contributed by atoms with Crippen LogP contribution in [0, 0.1) is 0 Å². The fourth-order valence-electron chi connectivity index (χ4n) is 3.79. The van der Waals surface area contributed by atoms with Crippen LogP contribution in [0.25, 0.3) is 11.1 Å². The van der Waals surface area contributed by atoms with Gasteiger partial charge in [0.15, 0.2) is 0 Å². The monoisotopic (exact) mass is 367 g/mol. The van der Waals surface area contributed by atoms with Gasteiger partial charge in [0.05, 0.1) is 0 Å². The zero-order valence-corrected chi connectivity index (χ0v) is 16.1. The molecule has 5 nitrogen and oxygen atoms in total. The third kappa shape index (κ3) is 3.54. The molecule has 0 unspecified atom stereocenters. The molecule has 27 heavy (non-hydrogen) atoms. The highest BCUT2D eigenvalue weighted by molar-refractivity contribution is 5.81. The number of carbonyl (C=O) groups is 2. The lowest BCUT2D eigenvalue weighted by Crippen LogP contribution is -2.53. The van der Waals surface area contributed by atoms with Crippen LogP contribution in [-0.4, -0.2) is 40.3 Å². The normalized spacial score (nSPS) is 14.2. The highest BCUT2D eigenvalue weighted by Gasteiger charge is 2.37. The molecular weight excluding hydrogens is 342 g/mol. The Morgan fingerprint density at radius 1 is 1.04 bits per heavy atom. The van der Waals surface area contributed by atoms with Crippen LogP contribution in [0.5, 0.6) is 0 Å². The first-order valence-corrected chi connectivity index (χ1v) is 9.09. The molecule has 0 saturated heterocycles. The topological polar surface area (TPSA) is 66.8 Å². The Morgan fingerprint density at radius 3 is 1.96 bits per heavy atom. The second-order valence-electron chi connectivity index (χ2n) is 7.86. The van der Waals surface area contributed by atoms with E-state index in [1.807, 2.05) is 24.3 Å². The number of hydrogen-bond acceptors (Lipinski definition) is 3. The number of fused-ring (bicyclic) bond motifs is 3. The van der Waals surface area contributed by atoms with Crippen LogP contribution in [0.4, 0.5) is 4.79 Å². The molecule has 2 aromatic carbocycles. The molecule has 3 rings (SSSR count). The van der Waals surface area contributed by atoms with Gasteiger partial charge in [-0.25, -0.2) is 9.59 Å². The molecule has 0 aliphatic heterocycles. The van der Waals surface area contributed by atoms with Gasteiger partial charge >= 0.3 is 12.1 Å². The summed E-state index contributed by atoms with van der Waals surface area (Å²) in [4.78, 5) is 25.5. The third-order valence-corrected chi connectivity index (χ3v) is 5.00. The van der Waals surface area contributed by atoms with Gasteiger partial charge in [-0.15, -0.1) is 0 Å². The van der Waals surface area contributed by atoms with Crippen molar-refractivity contribution in [2.24, 2.45) is 0 Å². The van der Waals surface area contributed by atoms with E-state index in [0.29, 0.717) is 0 Å². The molecule has 2 aromatic rings. The van der Waals surface area contributed by atoms with Gasteiger partial charge in [0, 0.05) is 11.5 Å². The van der Waals surface area contributed by atoms with E-state index in [1.165, 1.54) is 11.8 Å². The summed E-state index contributed by atoms with van der Waals surface area (Å²) in [7, 11) is 0. The standard InChI is InChI=1S/C22H25NO4/c1-14(20(24)25)23(22(2,3)4)21(26)27-13-19-17-11-7-5-9-15(17)16-10-6-8-12-18(16)19/h5-12,14,19H,13H2,1-4H3,(H,24,25)/t14-/m0/s1. The van der Waals surface area contributed by atoms with E-state index in [-0.39, 0.29) is 12.5 Å². The summed E-state index contributed by atoms with van der Waals surface area (Å²) in [6.07, 6.45) is -0.612. The highest BCUT2D eigenvalue weighted by Crippen LogP contribution is 2.44. The van der Waals surface area contributed by atoms with Crippen molar-refractivity contribution in [2.45, 2.75) is 45.2 Å². The van der Waals surface area contributed by atoms with E-state index >= 15 is 0 Å². The molecule has 1 amide bonds. The van der Waals surface area contributed by atoms with Gasteiger partial charge in [-0.05, 0) is 49.9 Å². The van der Waals surface area contributed by atoms with Crippen molar-refractivity contribution >= 4 is 12.1 Å². The Kier molecular flexibility index (Phi) is 4.96. The fourth-order valence-corrected chi connectivity index (χ4v) is 3.79. The maximum atomic E-state index is 12.8. The molecular formula is C22H25NO4. The molecule has 1 aliphatic carbocycles. The van der Waals surface area contributed by atoms with Crippen molar-refractivity contribution in [3.8, 4) is 11.1 Å². The Bertz CT molecular complexity index is 823. The Morgan fingerprint density at radius 2 is 1.52 bits per heavy atom. The van der Waals surface area contributed by atoms with Crippen LogP contribution in [0.3, 0.4) is 0 Å². The quantitative estimate of drug-likeness (QED) is 0.863. The van der Waals surface area contributed by atoms with Crippen molar-refractivity contribution in [1.29, 1.82) is 0 Å². The molecule has 1 N–H and O–H groups in total. The minimum atomic E-state index is -1.06. The van der Waals surface area contributed by atoms with E-state index in [4.69, 9.17) is 4.74 Å². The van der Waals surface area contributed by atoms with Crippen LogP contribution >= 0.6 is 0 Å². The van der Waals surface area contributed by atoms with Gasteiger partial charge in [0.1, 0.15) is 12.6 Å². The van der Waals surface area contributed by atoms with Gasteiger partial charge in [0.25, 0.3) is 0 Å². The molecule has 0 heterocycles. The van der Waals surface area contributed by atoms with Crippen LogP contribution in [0.1, 0.15) is 44.7 Å². The summed E-state index contributed by atoms with van der Waals surface area (Å²) >= 11 is 0. The number of rotatable bonds is 4. The third-order valence-electron chi connectivity index (χ3n) is 5.00. The molecule has 1 atom stereocenters. The number of benzene rings is 2. The van der Waals surface area contributed by atoms with Crippen molar-refractivity contribution in [3.05, 3.63) is 59.7 Å². The number of hydrogen-bond donors (Lipinski definition) is 1. The summed E-state index contributed by atoms with van der Waals surface area (Å²) in [5, 5.41) is 9.36. The van der Waals surface area contributed by atoms with Gasteiger partial charge < -0.3 is 9.84 Å². The molecule has 0 fully saturated rings. The molecule has 0 radical (unpaired) electrons. The number of ether oxygens (including phenoxy) is 1. The van der Waals surface area contributed by atoms with Gasteiger partial charge in [-0.2, -0.15) is 0 Å². The SMILES string of the molecule is C[C@@H](C(=O)O)N(C(=O)OCC1c2ccccc2-c2ccccc21)C(C)(C)C. The average Bonchev–Trinajstić information content (AvgIpc) is 2.93. The van der Waals surface area contributed by atoms with Crippen molar-refractivity contribution in [2.75, 3.05) is 6.61 Å². The second-order valence-corrected chi connectivity index (χ2v) is 7.86. The lowest BCUT2D eigenvalue weighted by Gasteiger charge is -2.37. The fraction of sp³-hybridized carbons (Fsp3) is 0.364. The van der Waals surface area contributed by atoms with E-state index in [9.17, 15) is 14.7 Å². The number of carbonyl (C=O) groups excluding carboxylic acids is 1. The largest absolute Gasteiger partial charge is 0.480 e. The first-order chi connectivity index (χ1) is 12.7. The molecule has 142 valence electrons. The van der Waals surface area contributed by atoms with Crippen molar-refractivity contribution in [1.82, 2.24) is 4.90 Å². The van der Waals surface area contributed by atoms with Crippen molar-refractivity contribution < 1.29 is 19.4 Å². The van der Waals surface area contributed by atoms with E-state index in [0.717, 1.165) is 22.3 Å². The summed E-state index contributed by atoms with van der Waals surface area (Å²) in [5.74, 6) is -1.11. The first kappa shape index (κ1) is 19.0. The van der Waals surface area contributed by atoms with E-state index in [1.54, 1.807) is 20.8 Å². The second kappa shape index (κ2) is 7.06. The minimum absolute atomic E-state index is 0.0525. The van der Waals surface area contributed by atoms with Crippen molar-refractivity contribution in [3.63, 3.8) is 0 Å². The lowest BCUT2D eigenvalue weighted by atomic mass is 9.98. The smallest absolute Gasteiger partial charge is 0.410 e. The highest BCUT2D eigenvalue weighted by atomic mass is 16.6. The predicted octanol–water partition coefficient (Wildman–Crippen LogP) is 4.51. The van der Waals surface area contributed by atoms with E-state index < -0.39 is 23.6 Å². The number of nitrogens with zero attached hydrogens (tertiary/aromatic N) is 1. The average molecular weight is 367 g/mol. The van der Waals surface area contributed by atoms with Gasteiger partial charge in [0.2, 0.25) is 0 Å². The number of carboxylic acid groups (broad SMARTS) is 1. The summed E-state index contributed by atoms with van der Waals surface area (Å²) < 4.78 is 5.62. The van der Waals surface area contributed by atoms with Gasteiger partial charge in [-0.3, -0.25) is 4.90 Å². The molecule has 0 bridgehead atoms. The molecule has 5 heteroatoms. The molecule has 0 aromatic heterocycles. The Hall–Kier alpha value is -2.82. The Balaban J connectivity index is 1.84. The zero-order valence-electron chi connectivity index (χ0n) is 16.1. The predicted molar refractivity (Wildman–Crippen MR) is 104 cm³/mol. The Labute approximate surface area is 159 Å². The van der Waals surface area contributed by atoms with Crippen LogP contribution in [-0.2, 0) is 9.53 Å². The first-order valence-electron chi connectivity index (χ1n) is 9.09. The molecule has 0 spiro atoms. The van der Waals surface area contributed by atoms with Crippen LogP contribution in [0.15, 0.2) is 48.5 Å². The minimum Gasteiger partial charge on any atom is -0.480 e. The summed E-state index contributed by atoms with van der Waals surface area (Å²) in [6.45, 7) is 7.07. The van der Waals surface area contributed by atoms with Gasteiger partial charge in [-0.1, -0.05) is 48.5 Å². The summed E-state index contributed by atoms with van der Waals surface area (Å²) in [6, 6.07) is 15.2. The maximum absolute atomic E-state index is 12.8.